The Kier molecular flexibility index (Phi) is 4.97. The second-order valence-corrected chi connectivity index (χ2v) is 6.04. The van der Waals surface area contributed by atoms with E-state index in [9.17, 15) is 4.79 Å². The van der Waals surface area contributed by atoms with E-state index >= 15 is 0 Å². The summed E-state index contributed by atoms with van der Waals surface area (Å²) in [5.41, 5.74) is 0.192. The lowest BCUT2D eigenvalue weighted by atomic mass is 10.2. The van der Waals surface area contributed by atoms with Crippen LogP contribution in [-0.4, -0.2) is 58.3 Å². The summed E-state index contributed by atoms with van der Waals surface area (Å²) in [6.07, 6.45) is 4.72. The summed E-state index contributed by atoms with van der Waals surface area (Å²) in [4.78, 5) is 28.1. The van der Waals surface area contributed by atoms with Crippen LogP contribution in [0.3, 0.4) is 0 Å². The minimum atomic E-state index is -0.968. The maximum absolute atomic E-state index is 10.9. The molecule has 1 N–H and O–H groups in total. The van der Waals surface area contributed by atoms with Gasteiger partial charge in [-0.05, 0) is 26.0 Å². The van der Waals surface area contributed by atoms with Crippen LogP contribution in [0.25, 0.3) is 0 Å². The van der Waals surface area contributed by atoms with Gasteiger partial charge in [0.2, 0.25) is 0 Å². The zero-order valence-corrected chi connectivity index (χ0v) is 14.3. The second kappa shape index (κ2) is 7.33. The summed E-state index contributed by atoms with van der Waals surface area (Å²) >= 11 is 0. The quantitative estimate of drug-likeness (QED) is 0.877. The van der Waals surface area contributed by atoms with Crippen LogP contribution in [0.4, 0.5) is 11.6 Å². The molecule has 0 radical (unpaired) electrons. The molecule has 0 saturated carbocycles. The maximum Gasteiger partial charge on any atom is 0.337 e. The van der Waals surface area contributed by atoms with Crippen molar-refractivity contribution in [3.63, 3.8) is 0 Å². The second-order valence-electron chi connectivity index (χ2n) is 6.04. The van der Waals surface area contributed by atoms with E-state index in [1.807, 2.05) is 13.8 Å². The summed E-state index contributed by atoms with van der Waals surface area (Å²) in [6.45, 7) is 6.96. The molecule has 0 unspecified atom stereocenters. The van der Waals surface area contributed by atoms with Gasteiger partial charge >= 0.3 is 5.97 Å². The fourth-order valence-corrected chi connectivity index (χ4v) is 2.69. The molecule has 3 heterocycles. The normalized spacial score (nSPS) is 14.7. The maximum atomic E-state index is 10.9. The van der Waals surface area contributed by atoms with E-state index in [2.05, 4.69) is 24.8 Å². The van der Waals surface area contributed by atoms with E-state index in [4.69, 9.17) is 9.84 Å². The van der Waals surface area contributed by atoms with Crippen LogP contribution in [0.1, 0.15) is 24.2 Å². The smallest absolute Gasteiger partial charge is 0.337 e. The number of piperazine rings is 1. The summed E-state index contributed by atoms with van der Waals surface area (Å²) in [5, 5.41) is 8.95. The molecule has 0 bridgehead atoms. The molecule has 8 heteroatoms. The Labute approximate surface area is 146 Å². The van der Waals surface area contributed by atoms with Crippen molar-refractivity contribution in [3.05, 3.63) is 36.3 Å². The number of anilines is 2. The first-order valence-corrected chi connectivity index (χ1v) is 8.21. The minimum absolute atomic E-state index is 0.0358. The molecule has 1 saturated heterocycles. The molecular weight excluding hydrogens is 322 g/mol. The number of carbonyl (C=O) groups is 1. The van der Waals surface area contributed by atoms with Gasteiger partial charge in [-0.3, -0.25) is 0 Å². The van der Waals surface area contributed by atoms with Gasteiger partial charge in [0.1, 0.15) is 5.82 Å². The average Bonchev–Trinajstić information content (AvgIpc) is 2.62. The van der Waals surface area contributed by atoms with Gasteiger partial charge in [0.05, 0.1) is 11.7 Å². The molecule has 0 aromatic carbocycles. The van der Waals surface area contributed by atoms with Crippen LogP contribution in [0.15, 0.2) is 30.7 Å². The predicted molar refractivity (Wildman–Crippen MR) is 93.4 cm³/mol. The molecule has 0 aliphatic carbocycles. The summed E-state index contributed by atoms with van der Waals surface area (Å²) < 4.78 is 5.75. The summed E-state index contributed by atoms with van der Waals surface area (Å²) in [7, 11) is 0. The molecular formula is C17H21N5O3. The number of pyridine rings is 1. The highest BCUT2D eigenvalue weighted by Gasteiger charge is 2.22. The molecule has 2 aromatic rings. The molecule has 8 nitrogen and oxygen atoms in total. The Morgan fingerprint density at radius 3 is 2.36 bits per heavy atom. The Hall–Kier alpha value is -2.90. The van der Waals surface area contributed by atoms with Gasteiger partial charge < -0.3 is 19.6 Å². The first-order valence-electron chi connectivity index (χ1n) is 8.21. The molecule has 1 aliphatic rings. The number of aromatic nitrogens is 3. The predicted octanol–water partition coefficient (Wildman–Crippen LogP) is 1.68. The number of nitrogens with zero attached hydrogens (tertiary/aromatic N) is 5. The number of carboxylic acids is 1. The minimum Gasteiger partial charge on any atom is -0.478 e. The van der Waals surface area contributed by atoms with Crippen LogP contribution in [0.5, 0.6) is 5.88 Å². The Bertz CT molecular complexity index is 727. The molecule has 0 spiro atoms. The third-order valence-electron chi connectivity index (χ3n) is 3.89. The Balaban J connectivity index is 1.67. The number of carboxylic acid groups (broad SMARTS) is 1. The summed E-state index contributed by atoms with van der Waals surface area (Å²) in [6, 6.07) is 3.32. The fraction of sp³-hybridized carbons (Fsp3) is 0.412. The fourth-order valence-electron chi connectivity index (χ4n) is 2.69. The van der Waals surface area contributed by atoms with Crippen molar-refractivity contribution >= 4 is 17.6 Å². The molecule has 0 atom stereocenters. The van der Waals surface area contributed by atoms with Gasteiger partial charge in [-0.2, -0.15) is 0 Å². The van der Waals surface area contributed by atoms with Crippen LogP contribution in [-0.2, 0) is 0 Å². The number of ether oxygens (including phenoxy) is 1. The van der Waals surface area contributed by atoms with Gasteiger partial charge in [-0.1, -0.05) is 0 Å². The number of aromatic carboxylic acids is 1. The highest BCUT2D eigenvalue weighted by atomic mass is 16.5. The van der Waals surface area contributed by atoms with Crippen molar-refractivity contribution in [1.82, 2.24) is 15.0 Å². The van der Waals surface area contributed by atoms with Crippen molar-refractivity contribution < 1.29 is 14.6 Å². The van der Waals surface area contributed by atoms with Crippen LogP contribution in [0, 0.1) is 0 Å². The van der Waals surface area contributed by atoms with Gasteiger partial charge in [-0.15, -0.1) is 0 Å². The molecule has 2 aromatic heterocycles. The standard InChI is InChI=1S/C17H21N5O3/c1-12(2)25-16-15(18-5-6-19-16)22-9-7-21(8-10-22)14-4-3-13(11-20-14)17(23)24/h3-6,11-12H,7-10H2,1-2H3,(H,23,24). The van der Waals surface area contributed by atoms with Crippen molar-refractivity contribution in [2.24, 2.45) is 0 Å². The van der Waals surface area contributed by atoms with E-state index in [1.165, 1.54) is 6.20 Å². The van der Waals surface area contributed by atoms with Gasteiger partial charge in [0.15, 0.2) is 5.82 Å². The molecule has 0 amide bonds. The largest absolute Gasteiger partial charge is 0.478 e. The van der Waals surface area contributed by atoms with Crippen LogP contribution in [0.2, 0.25) is 0 Å². The molecule has 1 aliphatic heterocycles. The van der Waals surface area contributed by atoms with E-state index in [0.29, 0.717) is 5.88 Å². The third kappa shape index (κ3) is 3.96. The zero-order chi connectivity index (χ0) is 17.8. The van der Waals surface area contributed by atoms with Crippen molar-refractivity contribution in [3.8, 4) is 5.88 Å². The lowest BCUT2D eigenvalue weighted by molar-refractivity contribution is 0.0696. The molecule has 132 valence electrons. The zero-order valence-electron chi connectivity index (χ0n) is 14.3. The Morgan fingerprint density at radius 2 is 1.76 bits per heavy atom. The van der Waals surface area contributed by atoms with Crippen molar-refractivity contribution in [1.29, 1.82) is 0 Å². The molecule has 3 rings (SSSR count). The Morgan fingerprint density at radius 1 is 1.08 bits per heavy atom. The number of hydrogen-bond acceptors (Lipinski definition) is 7. The summed E-state index contributed by atoms with van der Waals surface area (Å²) in [5.74, 6) is 1.12. The average molecular weight is 343 g/mol. The highest BCUT2D eigenvalue weighted by molar-refractivity contribution is 5.87. The monoisotopic (exact) mass is 343 g/mol. The molecule has 1 fully saturated rings. The van der Waals surface area contributed by atoms with Crippen molar-refractivity contribution in [2.45, 2.75) is 20.0 Å². The number of hydrogen-bond donors (Lipinski definition) is 1. The highest BCUT2D eigenvalue weighted by Crippen LogP contribution is 2.25. The lowest BCUT2D eigenvalue weighted by Gasteiger charge is -2.36. The lowest BCUT2D eigenvalue weighted by Crippen LogP contribution is -2.47. The third-order valence-corrected chi connectivity index (χ3v) is 3.89. The topological polar surface area (TPSA) is 91.7 Å². The van der Waals surface area contributed by atoms with E-state index in [1.54, 1.807) is 24.5 Å². The van der Waals surface area contributed by atoms with Crippen LogP contribution >= 0.6 is 0 Å². The first-order chi connectivity index (χ1) is 12.0. The van der Waals surface area contributed by atoms with Crippen molar-refractivity contribution in [2.75, 3.05) is 36.0 Å². The van der Waals surface area contributed by atoms with Gasteiger partial charge in [0.25, 0.3) is 5.88 Å². The van der Waals surface area contributed by atoms with Gasteiger partial charge in [0, 0.05) is 44.8 Å². The first kappa shape index (κ1) is 16.9. The van der Waals surface area contributed by atoms with E-state index in [-0.39, 0.29) is 11.7 Å². The molecule has 25 heavy (non-hydrogen) atoms. The van der Waals surface area contributed by atoms with E-state index < -0.39 is 5.97 Å². The van der Waals surface area contributed by atoms with Crippen LogP contribution < -0.4 is 14.5 Å². The van der Waals surface area contributed by atoms with Gasteiger partial charge in [-0.25, -0.2) is 19.7 Å². The van der Waals surface area contributed by atoms with E-state index in [0.717, 1.165) is 37.8 Å². The number of rotatable bonds is 5. The SMILES string of the molecule is CC(C)Oc1nccnc1N1CCN(c2ccc(C(=O)O)cn2)CC1.